The van der Waals surface area contributed by atoms with Crippen molar-refractivity contribution in [2.75, 3.05) is 12.8 Å². The van der Waals surface area contributed by atoms with E-state index in [1.165, 1.54) is 17.0 Å². The Bertz CT molecular complexity index is 722. The van der Waals surface area contributed by atoms with Crippen LogP contribution in [-0.4, -0.2) is 35.6 Å². The van der Waals surface area contributed by atoms with Crippen LogP contribution in [0.5, 0.6) is 0 Å². The predicted molar refractivity (Wildman–Crippen MR) is 102 cm³/mol. The Kier molecular flexibility index (Phi) is 7.66. The lowest BCUT2D eigenvalue weighted by Gasteiger charge is -2.28. The van der Waals surface area contributed by atoms with Crippen molar-refractivity contribution in [3.8, 4) is 0 Å². The van der Waals surface area contributed by atoms with Crippen LogP contribution in [-0.2, 0) is 16.1 Å². The molecule has 0 heterocycles. The molecule has 0 aliphatic rings. The first kappa shape index (κ1) is 20.0. The lowest BCUT2D eigenvalue weighted by atomic mass is 10.1. The van der Waals surface area contributed by atoms with Gasteiger partial charge in [-0.3, -0.25) is 9.59 Å². The summed E-state index contributed by atoms with van der Waals surface area (Å²) in [5, 5.41) is 2.58. The van der Waals surface area contributed by atoms with E-state index in [1.807, 2.05) is 30.3 Å². The molecule has 1 N–H and O–H groups in total. The zero-order chi connectivity index (χ0) is 18.9. The summed E-state index contributed by atoms with van der Waals surface area (Å²) in [5.74, 6) is -0.0290. The molecule has 2 rings (SSSR count). The number of hydrogen-bond acceptors (Lipinski definition) is 3. The number of amides is 2. The monoisotopic (exact) mass is 374 g/mol. The van der Waals surface area contributed by atoms with Crippen LogP contribution in [0.2, 0.25) is 0 Å². The Labute approximate surface area is 157 Å². The van der Waals surface area contributed by atoms with E-state index in [0.717, 1.165) is 10.5 Å². The van der Waals surface area contributed by atoms with E-state index in [0.29, 0.717) is 12.2 Å². The zero-order valence-corrected chi connectivity index (χ0v) is 15.8. The summed E-state index contributed by atoms with van der Waals surface area (Å²) in [6.07, 6.45) is 0.322. The standard InChI is InChI=1S/C20H23FN2O2S/c1-15(20(25)22-2)23(14-16-8-10-17(21)11-9-16)19(24)12-13-26-18-6-4-3-5-7-18/h3-11,15H,12-14H2,1-2H3,(H,22,25)/t15-/m0/s1. The fraction of sp³-hybridized carbons (Fsp3) is 0.300. The molecule has 0 fully saturated rings. The molecule has 0 unspecified atom stereocenters. The van der Waals surface area contributed by atoms with Crippen molar-refractivity contribution in [3.63, 3.8) is 0 Å². The van der Waals surface area contributed by atoms with Crippen LogP contribution in [0.4, 0.5) is 4.39 Å². The summed E-state index contributed by atoms with van der Waals surface area (Å²) in [7, 11) is 1.55. The second kappa shape index (κ2) is 9.97. The van der Waals surface area contributed by atoms with Gasteiger partial charge in [0.2, 0.25) is 11.8 Å². The van der Waals surface area contributed by atoms with Crippen molar-refractivity contribution in [1.29, 1.82) is 0 Å². The Balaban J connectivity index is 2.02. The molecule has 0 spiro atoms. The number of hydrogen-bond donors (Lipinski definition) is 1. The SMILES string of the molecule is CNC(=O)[C@H](C)N(Cc1ccc(F)cc1)C(=O)CCSc1ccccc1. The molecule has 4 nitrogen and oxygen atoms in total. The first-order chi connectivity index (χ1) is 12.5. The number of thioether (sulfide) groups is 1. The second-order valence-corrected chi connectivity index (χ2v) is 7.02. The number of rotatable bonds is 8. The lowest BCUT2D eigenvalue weighted by molar-refractivity contribution is -0.140. The minimum Gasteiger partial charge on any atom is -0.357 e. The summed E-state index contributed by atoms with van der Waals surface area (Å²) in [6, 6.07) is 15.2. The molecule has 0 saturated heterocycles. The minimum atomic E-state index is -0.598. The molecule has 0 saturated carbocycles. The van der Waals surface area contributed by atoms with Gasteiger partial charge in [0.15, 0.2) is 0 Å². The number of benzene rings is 2. The molecule has 2 amide bonds. The van der Waals surface area contributed by atoms with E-state index in [-0.39, 0.29) is 24.2 Å². The van der Waals surface area contributed by atoms with Gasteiger partial charge in [-0.25, -0.2) is 4.39 Å². The first-order valence-electron chi connectivity index (χ1n) is 8.44. The molecule has 0 radical (unpaired) electrons. The van der Waals surface area contributed by atoms with Crippen molar-refractivity contribution >= 4 is 23.6 Å². The normalized spacial score (nSPS) is 11.7. The zero-order valence-electron chi connectivity index (χ0n) is 14.9. The largest absolute Gasteiger partial charge is 0.357 e. The predicted octanol–water partition coefficient (Wildman–Crippen LogP) is 3.47. The number of halogens is 1. The van der Waals surface area contributed by atoms with E-state index >= 15 is 0 Å². The molecular weight excluding hydrogens is 351 g/mol. The summed E-state index contributed by atoms with van der Waals surface area (Å²) in [5.41, 5.74) is 0.784. The van der Waals surface area contributed by atoms with Crippen LogP contribution >= 0.6 is 11.8 Å². The third-order valence-electron chi connectivity index (χ3n) is 4.01. The Morgan fingerprint density at radius 3 is 2.38 bits per heavy atom. The number of carbonyl (C=O) groups is 2. The number of likely N-dealkylation sites (N-methyl/N-ethyl adjacent to an activating group) is 1. The van der Waals surface area contributed by atoms with Crippen molar-refractivity contribution in [1.82, 2.24) is 10.2 Å². The molecular formula is C20H23FN2O2S. The Hall–Kier alpha value is -2.34. The highest BCUT2D eigenvalue weighted by Gasteiger charge is 2.25. The Morgan fingerprint density at radius 1 is 1.12 bits per heavy atom. The Morgan fingerprint density at radius 2 is 1.77 bits per heavy atom. The van der Waals surface area contributed by atoms with Crippen LogP contribution < -0.4 is 5.32 Å². The van der Waals surface area contributed by atoms with E-state index in [1.54, 1.807) is 37.9 Å². The minimum absolute atomic E-state index is 0.103. The van der Waals surface area contributed by atoms with Crippen molar-refractivity contribution < 1.29 is 14.0 Å². The van der Waals surface area contributed by atoms with Gasteiger partial charge in [0.25, 0.3) is 0 Å². The molecule has 1 atom stereocenters. The number of nitrogens with zero attached hydrogens (tertiary/aromatic N) is 1. The smallest absolute Gasteiger partial charge is 0.242 e. The summed E-state index contributed by atoms with van der Waals surface area (Å²) >= 11 is 1.60. The third-order valence-corrected chi connectivity index (χ3v) is 5.02. The van der Waals surface area contributed by atoms with Gasteiger partial charge in [0, 0.05) is 30.7 Å². The average molecular weight is 374 g/mol. The van der Waals surface area contributed by atoms with Gasteiger partial charge in [-0.2, -0.15) is 0 Å². The fourth-order valence-corrected chi connectivity index (χ4v) is 3.36. The summed E-state index contributed by atoms with van der Waals surface area (Å²) in [4.78, 5) is 27.4. The maximum atomic E-state index is 13.1. The molecule has 6 heteroatoms. The summed E-state index contributed by atoms with van der Waals surface area (Å²) < 4.78 is 13.1. The van der Waals surface area contributed by atoms with Gasteiger partial charge in [0.1, 0.15) is 11.9 Å². The second-order valence-electron chi connectivity index (χ2n) is 5.85. The van der Waals surface area contributed by atoms with Crippen LogP contribution in [0, 0.1) is 5.82 Å². The van der Waals surface area contributed by atoms with Crippen molar-refractivity contribution in [2.45, 2.75) is 30.8 Å². The number of carbonyl (C=O) groups excluding carboxylic acids is 2. The molecule has 26 heavy (non-hydrogen) atoms. The molecule has 2 aromatic carbocycles. The average Bonchev–Trinajstić information content (AvgIpc) is 2.67. The molecule has 0 aromatic heterocycles. The van der Waals surface area contributed by atoms with Gasteiger partial charge >= 0.3 is 0 Å². The highest BCUT2D eigenvalue weighted by molar-refractivity contribution is 7.99. The molecule has 2 aromatic rings. The topological polar surface area (TPSA) is 49.4 Å². The fourth-order valence-electron chi connectivity index (χ4n) is 2.49. The van der Waals surface area contributed by atoms with Crippen LogP contribution in [0.3, 0.4) is 0 Å². The summed E-state index contributed by atoms with van der Waals surface area (Å²) in [6.45, 7) is 1.97. The van der Waals surface area contributed by atoms with Gasteiger partial charge in [-0.05, 0) is 36.8 Å². The highest BCUT2D eigenvalue weighted by Crippen LogP contribution is 2.19. The first-order valence-corrected chi connectivity index (χ1v) is 9.43. The highest BCUT2D eigenvalue weighted by atomic mass is 32.2. The van der Waals surface area contributed by atoms with E-state index in [4.69, 9.17) is 0 Å². The van der Waals surface area contributed by atoms with E-state index < -0.39 is 6.04 Å². The van der Waals surface area contributed by atoms with Gasteiger partial charge in [-0.1, -0.05) is 30.3 Å². The van der Waals surface area contributed by atoms with Crippen LogP contribution in [0.1, 0.15) is 18.9 Å². The van der Waals surface area contributed by atoms with E-state index in [2.05, 4.69) is 5.32 Å². The third kappa shape index (κ3) is 5.88. The number of nitrogens with one attached hydrogen (secondary N) is 1. The van der Waals surface area contributed by atoms with E-state index in [9.17, 15) is 14.0 Å². The van der Waals surface area contributed by atoms with Gasteiger partial charge in [-0.15, -0.1) is 11.8 Å². The van der Waals surface area contributed by atoms with Gasteiger partial charge < -0.3 is 10.2 Å². The van der Waals surface area contributed by atoms with Crippen molar-refractivity contribution in [3.05, 3.63) is 66.0 Å². The molecule has 138 valence electrons. The van der Waals surface area contributed by atoms with Crippen LogP contribution in [0.25, 0.3) is 0 Å². The molecule has 0 aliphatic heterocycles. The van der Waals surface area contributed by atoms with Gasteiger partial charge in [0.05, 0.1) is 0 Å². The molecule has 0 aliphatic carbocycles. The van der Waals surface area contributed by atoms with Crippen molar-refractivity contribution in [2.24, 2.45) is 0 Å². The maximum absolute atomic E-state index is 13.1. The quantitative estimate of drug-likeness (QED) is 0.720. The van der Waals surface area contributed by atoms with Crippen LogP contribution in [0.15, 0.2) is 59.5 Å². The lowest BCUT2D eigenvalue weighted by Crippen LogP contribution is -2.46. The molecule has 0 bridgehead atoms. The maximum Gasteiger partial charge on any atom is 0.242 e.